The molecule has 0 aromatic heterocycles. The Bertz CT molecular complexity index is 567. The zero-order valence-corrected chi connectivity index (χ0v) is 12.7. The van der Waals surface area contributed by atoms with Crippen LogP contribution in [0.1, 0.15) is 41.5 Å². The SMILES string of the molecule is CO[C@@H]1[C@@H](C)[C@@H](NC(=O)c2cccc(C(=O)O)c2)C1(C)C. The second kappa shape index (κ2) is 5.48. The first kappa shape index (κ1) is 15.5. The molecule has 0 radical (unpaired) electrons. The van der Waals surface area contributed by atoms with Gasteiger partial charge in [-0.3, -0.25) is 4.79 Å². The molecule has 114 valence electrons. The summed E-state index contributed by atoms with van der Waals surface area (Å²) in [6.45, 7) is 6.15. The molecule has 1 aliphatic carbocycles. The fourth-order valence-corrected chi connectivity index (χ4v) is 3.44. The van der Waals surface area contributed by atoms with Gasteiger partial charge in [-0.2, -0.15) is 0 Å². The van der Waals surface area contributed by atoms with E-state index >= 15 is 0 Å². The molecule has 2 N–H and O–H groups in total. The molecule has 1 aromatic carbocycles. The van der Waals surface area contributed by atoms with E-state index in [-0.39, 0.29) is 34.9 Å². The summed E-state index contributed by atoms with van der Waals surface area (Å²) >= 11 is 0. The molecule has 5 nitrogen and oxygen atoms in total. The summed E-state index contributed by atoms with van der Waals surface area (Å²) in [6, 6.07) is 6.05. The Kier molecular flexibility index (Phi) is 4.05. The first-order valence-corrected chi connectivity index (χ1v) is 6.96. The lowest BCUT2D eigenvalue weighted by atomic mass is 9.58. The Morgan fingerprint density at radius 1 is 1.29 bits per heavy atom. The lowest BCUT2D eigenvalue weighted by molar-refractivity contribution is -0.141. The third kappa shape index (κ3) is 2.65. The van der Waals surface area contributed by atoms with Crippen LogP contribution in [-0.4, -0.2) is 36.2 Å². The van der Waals surface area contributed by atoms with Crippen LogP contribution in [0, 0.1) is 11.3 Å². The molecular formula is C16H21NO4. The first-order valence-electron chi connectivity index (χ1n) is 6.96. The highest BCUT2D eigenvalue weighted by atomic mass is 16.5. The average Bonchev–Trinajstić information content (AvgIpc) is 2.44. The number of hydrogen-bond acceptors (Lipinski definition) is 3. The molecule has 0 saturated heterocycles. The quantitative estimate of drug-likeness (QED) is 0.891. The molecule has 21 heavy (non-hydrogen) atoms. The minimum atomic E-state index is -1.04. The second-order valence-corrected chi connectivity index (χ2v) is 6.17. The van der Waals surface area contributed by atoms with Crippen molar-refractivity contribution in [3.63, 3.8) is 0 Å². The highest BCUT2D eigenvalue weighted by Crippen LogP contribution is 2.46. The van der Waals surface area contributed by atoms with E-state index in [1.54, 1.807) is 19.2 Å². The van der Waals surface area contributed by atoms with E-state index in [9.17, 15) is 9.59 Å². The normalized spacial score (nSPS) is 26.8. The molecule has 1 aliphatic rings. The number of carboxylic acids is 1. The number of ether oxygens (including phenoxy) is 1. The fourth-order valence-electron chi connectivity index (χ4n) is 3.44. The predicted octanol–water partition coefficient (Wildman–Crippen LogP) is 2.17. The van der Waals surface area contributed by atoms with Gasteiger partial charge in [0.05, 0.1) is 11.7 Å². The third-order valence-electron chi connectivity index (χ3n) is 4.45. The van der Waals surface area contributed by atoms with Gasteiger partial charge in [-0.25, -0.2) is 4.79 Å². The molecule has 1 fully saturated rings. The number of hydrogen-bond donors (Lipinski definition) is 2. The van der Waals surface area contributed by atoms with Gasteiger partial charge in [-0.1, -0.05) is 26.8 Å². The Balaban J connectivity index is 2.12. The van der Waals surface area contributed by atoms with Gasteiger partial charge in [-0.15, -0.1) is 0 Å². The lowest BCUT2D eigenvalue weighted by Crippen LogP contribution is -2.67. The molecule has 0 bridgehead atoms. The Morgan fingerprint density at radius 2 is 1.90 bits per heavy atom. The van der Waals surface area contributed by atoms with E-state index in [1.807, 2.05) is 6.92 Å². The Labute approximate surface area is 124 Å². The fraction of sp³-hybridized carbons (Fsp3) is 0.500. The third-order valence-corrected chi connectivity index (χ3v) is 4.45. The molecular weight excluding hydrogens is 270 g/mol. The van der Waals surface area contributed by atoms with Gasteiger partial charge >= 0.3 is 5.97 Å². The summed E-state index contributed by atoms with van der Waals surface area (Å²) in [5.41, 5.74) is 0.325. The van der Waals surface area contributed by atoms with Gasteiger partial charge in [0.1, 0.15) is 0 Å². The van der Waals surface area contributed by atoms with Crippen LogP contribution in [0.2, 0.25) is 0 Å². The van der Waals surface area contributed by atoms with Gasteiger partial charge in [0.2, 0.25) is 0 Å². The van der Waals surface area contributed by atoms with Gasteiger partial charge in [-0.05, 0) is 18.2 Å². The number of nitrogens with one attached hydrogen (secondary N) is 1. The van der Waals surface area contributed by atoms with E-state index in [2.05, 4.69) is 19.2 Å². The van der Waals surface area contributed by atoms with Crippen molar-refractivity contribution in [2.24, 2.45) is 11.3 Å². The topological polar surface area (TPSA) is 75.6 Å². The van der Waals surface area contributed by atoms with Gasteiger partial charge in [0, 0.05) is 30.0 Å². The summed E-state index contributed by atoms with van der Waals surface area (Å²) in [4.78, 5) is 23.3. The van der Waals surface area contributed by atoms with E-state index in [4.69, 9.17) is 9.84 Å². The molecule has 0 unspecified atom stereocenters. The summed E-state index contributed by atoms with van der Waals surface area (Å²) < 4.78 is 5.45. The van der Waals surface area contributed by atoms with Crippen LogP contribution in [0.25, 0.3) is 0 Å². The molecule has 0 aliphatic heterocycles. The summed E-state index contributed by atoms with van der Waals surface area (Å²) in [5, 5.41) is 12.0. The summed E-state index contributed by atoms with van der Waals surface area (Å²) in [7, 11) is 1.68. The van der Waals surface area contributed by atoms with Gasteiger partial charge < -0.3 is 15.2 Å². The van der Waals surface area contributed by atoms with Crippen LogP contribution in [0.4, 0.5) is 0 Å². The number of rotatable bonds is 4. The highest BCUT2D eigenvalue weighted by molar-refractivity contribution is 5.97. The van der Waals surface area contributed by atoms with Crippen molar-refractivity contribution >= 4 is 11.9 Å². The highest BCUT2D eigenvalue weighted by Gasteiger charge is 2.55. The lowest BCUT2D eigenvalue weighted by Gasteiger charge is -2.56. The maximum atomic E-state index is 12.3. The Morgan fingerprint density at radius 3 is 2.43 bits per heavy atom. The van der Waals surface area contributed by atoms with Crippen molar-refractivity contribution in [2.45, 2.75) is 32.9 Å². The van der Waals surface area contributed by atoms with Crippen molar-refractivity contribution in [3.8, 4) is 0 Å². The number of benzene rings is 1. The molecule has 1 saturated carbocycles. The smallest absolute Gasteiger partial charge is 0.335 e. The van der Waals surface area contributed by atoms with Gasteiger partial charge in [0.25, 0.3) is 5.91 Å². The van der Waals surface area contributed by atoms with Crippen LogP contribution in [-0.2, 0) is 4.74 Å². The van der Waals surface area contributed by atoms with Crippen LogP contribution < -0.4 is 5.32 Å². The molecule has 1 amide bonds. The molecule has 3 atom stereocenters. The number of methoxy groups -OCH3 is 1. The van der Waals surface area contributed by atoms with E-state index < -0.39 is 5.97 Å². The van der Waals surface area contributed by atoms with E-state index in [0.717, 1.165) is 0 Å². The number of carbonyl (C=O) groups is 2. The van der Waals surface area contributed by atoms with Gasteiger partial charge in [0.15, 0.2) is 0 Å². The van der Waals surface area contributed by atoms with Crippen LogP contribution in [0.15, 0.2) is 24.3 Å². The van der Waals surface area contributed by atoms with Crippen molar-refractivity contribution < 1.29 is 19.4 Å². The molecule has 2 rings (SSSR count). The largest absolute Gasteiger partial charge is 0.478 e. The van der Waals surface area contributed by atoms with Crippen LogP contribution >= 0.6 is 0 Å². The molecule has 5 heteroatoms. The molecule has 1 aromatic rings. The number of aromatic carboxylic acids is 1. The van der Waals surface area contributed by atoms with Crippen molar-refractivity contribution in [3.05, 3.63) is 35.4 Å². The number of amides is 1. The minimum absolute atomic E-state index is 0.00318. The van der Waals surface area contributed by atoms with Crippen LogP contribution in [0.5, 0.6) is 0 Å². The Hall–Kier alpha value is -1.88. The molecule has 0 spiro atoms. The number of carbonyl (C=O) groups excluding carboxylic acids is 1. The molecule has 0 heterocycles. The monoisotopic (exact) mass is 291 g/mol. The van der Waals surface area contributed by atoms with Crippen molar-refractivity contribution in [1.29, 1.82) is 0 Å². The van der Waals surface area contributed by atoms with Crippen molar-refractivity contribution in [2.75, 3.05) is 7.11 Å². The van der Waals surface area contributed by atoms with E-state index in [1.165, 1.54) is 12.1 Å². The van der Waals surface area contributed by atoms with E-state index in [0.29, 0.717) is 5.56 Å². The van der Waals surface area contributed by atoms with Crippen molar-refractivity contribution in [1.82, 2.24) is 5.32 Å². The summed E-state index contributed by atoms with van der Waals surface area (Å²) in [5.74, 6) is -1.07. The maximum absolute atomic E-state index is 12.3. The standard InChI is InChI=1S/C16H21NO4/c1-9-12(16(2,3)13(9)21-4)17-14(18)10-6-5-7-11(8-10)15(19)20/h5-9,12-13H,1-4H3,(H,17,18)(H,19,20)/t9-,12+,13+/m0/s1. The summed E-state index contributed by atoms with van der Waals surface area (Å²) in [6.07, 6.45) is 0.105. The minimum Gasteiger partial charge on any atom is -0.478 e. The average molecular weight is 291 g/mol. The first-order chi connectivity index (χ1) is 9.78. The van der Waals surface area contributed by atoms with Crippen LogP contribution in [0.3, 0.4) is 0 Å². The second-order valence-electron chi connectivity index (χ2n) is 6.17. The zero-order valence-electron chi connectivity index (χ0n) is 12.7. The maximum Gasteiger partial charge on any atom is 0.335 e. The number of carboxylic acid groups (broad SMARTS) is 1. The predicted molar refractivity (Wildman–Crippen MR) is 78.4 cm³/mol. The zero-order chi connectivity index (χ0) is 15.8.